The maximum absolute atomic E-state index is 12.5. The molecule has 0 aromatic heterocycles. The molecule has 0 unspecified atom stereocenters. The molecule has 0 radical (unpaired) electrons. The fourth-order valence-electron chi connectivity index (χ4n) is 1.50. The summed E-state index contributed by atoms with van der Waals surface area (Å²) in [7, 11) is 0. The van der Waals surface area contributed by atoms with Gasteiger partial charge in [-0.1, -0.05) is 6.08 Å². The van der Waals surface area contributed by atoms with Crippen LogP contribution in [0.2, 0.25) is 0 Å². The number of alkyl halides is 1. The third-order valence-electron chi connectivity index (χ3n) is 2.31. The van der Waals surface area contributed by atoms with Gasteiger partial charge in [0.15, 0.2) is 0 Å². The fourth-order valence-corrected chi connectivity index (χ4v) is 2.39. The molecule has 0 N–H and O–H groups in total. The molecule has 0 spiro atoms. The molecule has 0 bridgehead atoms. The number of carbonyl (C=O) groups is 1. The number of hydrogen-bond donors (Lipinski definition) is 0. The van der Waals surface area contributed by atoms with Crippen molar-refractivity contribution >= 4 is 17.7 Å². The highest BCUT2D eigenvalue weighted by molar-refractivity contribution is 7.99. The van der Waals surface area contributed by atoms with Crippen LogP contribution in [0.5, 0.6) is 0 Å². The van der Waals surface area contributed by atoms with Gasteiger partial charge in [-0.25, -0.2) is 4.39 Å². The third kappa shape index (κ3) is 1.88. The monoisotopic (exact) mass is 201 g/mol. The van der Waals surface area contributed by atoms with E-state index < -0.39 is 6.17 Å². The zero-order chi connectivity index (χ0) is 9.26. The molecule has 2 heterocycles. The number of nitrogens with zero attached hydrogens (tertiary/aromatic N) is 1. The van der Waals surface area contributed by atoms with Crippen LogP contribution in [0.25, 0.3) is 0 Å². The van der Waals surface area contributed by atoms with E-state index in [4.69, 9.17) is 0 Å². The van der Waals surface area contributed by atoms with E-state index in [1.807, 2.05) is 6.08 Å². The Morgan fingerprint density at radius 3 is 2.92 bits per heavy atom. The zero-order valence-electron chi connectivity index (χ0n) is 7.33. The highest BCUT2D eigenvalue weighted by Crippen LogP contribution is 2.21. The number of thioether (sulfide) groups is 1. The van der Waals surface area contributed by atoms with Crippen LogP contribution in [-0.4, -0.2) is 41.6 Å². The van der Waals surface area contributed by atoms with Crippen LogP contribution in [-0.2, 0) is 4.79 Å². The molecule has 2 aliphatic rings. The number of rotatable bonds is 1. The van der Waals surface area contributed by atoms with E-state index in [1.165, 1.54) is 0 Å². The number of allylic oxidation sites excluding steroid dienone is 1. The van der Waals surface area contributed by atoms with Crippen molar-refractivity contribution < 1.29 is 9.18 Å². The van der Waals surface area contributed by atoms with Gasteiger partial charge >= 0.3 is 0 Å². The van der Waals surface area contributed by atoms with Gasteiger partial charge in [0.25, 0.3) is 0 Å². The van der Waals surface area contributed by atoms with Crippen LogP contribution in [0.1, 0.15) is 6.42 Å². The molecule has 72 valence electrons. The standard InChI is InChI=1S/C9H12FNOS/c10-8-4-11(5-8)9(12)7-2-1-3-13-6-7/h2,8H,1,3-6H2. The van der Waals surface area contributed by atoms with Gasteiger partial charge in [0, 0.05) is 11.3 Å². The summed E-state index contributed by atoms with van der Waals surface area (Å²) in [6.07, 6.45) is 2.17. The lowest BCUT2D eigenvalue weighted by Crippen LogP contribution is -2.52. The summed E-state index contributed by atoms with van der Waals surface area (Å²) < 4.78 is 12.5. The number of likely N-dealkylation sites (tertiary alicyclic amines) is 1. The van der Waals surface area contributed by atoms with E-state index in [2.05, 4.69) is 0 Å². The van der Waals surface area contributed by atoms with Crippen molar-refractivity contribution in [1.82, 2.24) is 4.90 Å². The van der Waals surface area contributed by atoms with E-state index in [9.17, 15) is 9.18 Å². The van der Waals surface area contributed by atoms with Crippen LogP contribution in [0.4, 0.5) is 4.39 Å². The second-order valence-corrected chi connectivity index (χ2v) is 4.48. The van der Waals surface area contributed by atoms with Crippen LogP contribution < -0.4 is 0 Å². The Bertz CT molecular complexity index is 248. The normalized spacial score (nSPS) is 23.8. The molecule has 2 nitrogen and oxygen atoms in total. The molecule has 0 aromatic rings. The Kier molecular flexibility index (Phi) is 2.58. The first-order valence-electron chi connectivity index (χ1n) is 4.47. The smallest absolute Gasteiger partial charge is 0.250 e. The summed E-state index contributed by atoms with van der Waals surface area (Å²) in [6, 6.07) is 0. The SMILES string of the molecule is O=C(C1=CCCSC1)N1CC(F)C1. The first-order chi connectivity index (χ1) is 6.27. The van der Waals surface area contributed by atoms with Gasteiger partial charge in [-0.2, -0.15) is 11.8 Å². The van der Waals surface area contributed by atoms with Crippen LogP contribution in [0, 0.1) is 0 Å². The molecule has 0 saturated carbocycles. The number of hydrogen-bond acceptors (Lipinski definition) is 2. The summed E-state index contributed by atoms with van der Waals surface area (Å²) in [5, 5.41) is 0. The van der Waals surface area contributed by atoms with E-state index in [-0.39, 0.29) is 5.91 Å². The van der Waals surface area contributed by atoms with Crippen LogP contribution >= 0.6 is 11.8 Å². The summed E-state index contributed by atoms with van der Waals surface area (Å²) in [6.45, 7) is 0.585. The average Bonchev–Trinajstić information content (AvgIpc) is 2.13. The Hall–Kier alpha value is -0.510. The molecular weight excluding hydrogens is 189 g/mol. The lowest BCUT2D eigenvalue weighted by Gasteiger charge is -2.35. The maximum atomic E-state index is 12.5. The molecule has 1 amide bonds. The average molecular weight is 201 g/mol. The van der Waals surface area contributed by atoms with E-state index in [0.717, 1.165) is 23.5 Å². The molecule has 1 fully saturated rings. The van der Waals surface area contributed by atoms with Crippen molar-refractivity contribution in [2.45, 2.75) is 12.6 Å². The Labute approximate surface area is 81.2 Å². The Balaban J connectivity index is 1.93. The molecular formula is C9H12FNOS. The summed E-state index contributed by atoms with van der Waals surface area (Å²) in [5.41, 5.74) is 0.864. The molecule has 13 heavy (non-hydrogen) atoms. The van der Waals surface area contributed by atoms with Crippen LogP contribution in [0.15, 0.2) is 11.6 Å². The summed E-state index contributed by atoms with van der Waals surface area (Å²) >= 11 is 1.77. The van der Waals surface area contributed by atoms with Gasteiger partial charge in [0.2, 0.25) is 5.91 Å². The van der Waals surface area contributed by atoms with Gasteiger partial charge in [-0.15, -0.1) is 0 Å². The zero-order valence-corrected chi connectivity index (χ0v) is 8.15. The minimum absolute atomic E-state index is 0.0427. The van der Waals surface area contributed by atoms with Crippen molar-refractivity contribution in [3.8, 4) is 0 Å². The van der Waals surface area contributed by atoms with Crippen molar-refractivity contribution in [3.05, 3.63) is 11.6 Å². The lowest BCUT2D eigenvalue weighted by molar-refractivity contribution is -0.133. The lowest BCUT2D eigenvalue weighted by atomic mass is 10.1. The van der Waals surface area contributed by atoms with Gasteiger partial charge < -0.3 is 4.90 Å². The van der Waals surface area contributed by atoms with Crippen LogP contribution in [0.3, 0.4) is 0 Å². The molecule has 0 atom stereocenters. The summed E-state index contributed by atoms with van der Waals surface area (Å²) in [5.74, 6) is 1.94. The van der Waals surface area contributed by atoms with Gasteiger partial charge in [-0.3, -0.25) is 4.79 Å². The van der Waals surface area contributed by atoms with Crippen molar-refractivity contribution in [1.29, 1.82) is 0 Å². The Morgan fingerprint density at radius 2 is 2.38 bits per heavy atom. The topological polar surface area (TPSA) is 20.3 Å². The first kappa shape index (κ1) is 9.06. The molecule has 0 aromatic carbocycles. The second kappa shape index (κ2) is 3.70. The quantitative estimate of drug-likeness (QED) is 0.636. The van der Waals surface area contributed by atoms with Crippen molar-refractivity contribution in [2.75, 3.05) is 24.6 Å². The predicted octanol–water partition coefficient (Wildman–Crippen LogP) is 1.23. The second-order valence-electron chi connectivity index (χ2n) is 3.38. The highest BCUT2D eigenvalue weighted by atomic mass is 32.2. The first-order valence-corrected chi connectivity index (χ1v) is 5.63. The van der Waals surface area contributed by atoms with Gasteiger partial charge in [-0.05, 0) is 12.2 Å². The highest BCUT2D eigenvalue weighted by Gasteiger charge is 2.31. The van der Waals surface area contributed by atoms with E-state index in [1.54, 1.807) is 16.7 Å². The third-order valence-corrected chi connectivity index (χ3v) is 3.35. The van der Waals surface area contributed by atoms with Crippen molar-refractivity contribution in [2.24, 2.45) is 0 Å². The van der Waals surface area contributed by atoms with Crippen molar-refractivity contribution in [3.63, 3.8) is 0 Å². The molecule has 0 aliphatic carbocycles. The number of halogens is 1. The maximum Gasteiger partial charge on any atom is 0.250 e. The van der Waals surface area contributed by atoms with E-state index in [0.29, 0.717) is 13.1 Å². The summed E-state index contributed by atoms with van der Waals surface area (Å²) in [4.78, 5) is 13.2. The Morgan fingerprint density at radius 1 is 1.62 bits per heavy atom. The molecule has 1 saturated heterocycles. The van der Waals surface area contributed by atoms with Gasteiger partial charge in [0.1, 0.15) is 6.17 Å². The largest absolute Gasteiger partial charge is 0.333 e. The molecule has 4 heteroatoms. The molecule has 2 aliphatic heterocycles. The van der Waals surface area contributed by atoms with E-state index >= 15 is 0 Å². The molecule has 2 rings (SSSR count). The van der Waals surface area contributed by atoms with Gasteiger partial charge in [0.05, 0.1) is 13.1 Å². The predicted molar refractivity (Wildman–Crippen MR) is 51.5 cm³/mol. The minimum atomic E-state index is -0.791. The minimum Gasteiger partial charge on any atom is -0.333 e. The number of carbonyl (C=O) groups excluding carboxylic acids is 1. The fraction of sp³-hybridized carbons (Fsp3) is 0.667. The number of amides is 1.